The third kappa shape index (κ3) is 31.4. The number of hydrogen-bond acceptors (Lipinski definition) is 27. The van der Waals surface area contributed by atoms with Crippen LogP contribution in [-0.2, 0) is 113 Å². The number of pyridine rings is 1. The number of nitrogens with one attached hydrogen (secondary N) is 9. The lowest BCUT2D eigenvalue weighted by Crippen LogP contribution is -2.30. The number of nitrogens with zero attached hydrogens (tertiary/aromatic N) is 9. The quantitative estimate of drug-likeness (QED) is 0.0166. The summed E-state index contributed by atoms with van der Waals surface area (Å²) in [6, 6.07) is 18.7. The van der Waals surface area contributed by atoms with E-state index in [9.17, 15) is 81.4 Å². The number of fused-ring (bicyclic) bond motifs is 1. The van der Waals surface area contributed by atoms with Gasteiger partial charge in [0.05, 0.1) is 123 Å². The monoisotopic (exact) mass is 1880 g/mol. The van der Waals surface area contributed by atoms with Crippen LogP contribution >= 0.6 is 15.6 Å². The van der Waals surface area contributed by atoms with Gasteiger partial charge in [0, 0.05) is 126 Å². The average Bonchev–Trinajstić information content (AvgIpc) is 1.50. The van der Waals surface area contributed by atoms with Crippen molar-refractivity contribution in [1.82, 2.24) is 63.3 Å². The Bertz CT molecular complexity index is 5800. The minimum atomic E-state index is -5.09. The summed E-state index contributed by atoms with van der Waals surface area (Å²) in [4.78, 5) is 172. The van der Waals surface area contributed by atoms with E-state index in [2.05, 4.69) is 71.5 Å². The second-order valence-electron chi connectivity index (χ2n) is 29.8. The lowest BCUT2D eigenvalue weighted by molar-refractivity contribution is -0.116. The minimum Gasteiger partial charge on any atom is -0.491 e. The van der Waals surface area contributed by atoms with E-state index in [-0.39, 0.29) is 128 Å². The maximum absolute atomic E-state index is 14.3. The van der Waals surface area contributed by atoms with Crippen LogP contribution in [0, 0.1) is 19.7 Å². The van der Waals surface area contributed by atoms with Gasteiger partial charge < -0.3 is 147 Å². The number of hydrogen-bond donors (Lipinski definition) is 14. The van der Waals surface area contributed by atoms with Gasteiger partial charge in [0.1, 0.15) is 65.7 Å². The van der Waals surface area contributed by atoms with Gasteiger partial charge in [0.25, 0.3) is 41.0 Å². The normalized spacial score (nSPS) is 11.7. The number of imidazole rings is 3. The summed E-state index contributed by atoms with van der Waals surface area (Å²) in [6.45, 7) is 10.2. The van der Waals surface area contributed by atoms with Crippen molar-refractivity contribution in [2.24, 2.45) is 28.2 Å². The zero-order valence-electron chi connectivity index (χ0n) is 73.4. The molecule has 0 spiro atoms. The first-order chi connectivity index (χ1) is 62.9. The highest BCUT2D eigenvalue weighted by Crippen LogP contribution is 2.42. The van der Waals surface area contributed by atoms with Crippen molar-refractivity contribution in [2.45, 2.75) is 59.6 Å². The molecule has 0 fully saturated rings. The van der Waals surface area contributed by atoms with E-state index in [1.54, 1.807) is 96.5 Å². The van der Waals surface area contributed by atoms with E-state index in [1.165, 1.54) is 81.5 Å². The molecule has 0 aliphatic heterocycles. The SMILES string of the molecule is Cc1cc(F)cc(C)c1Oc1ccc(C(C)(C)O)cc1-c1cn(C)c(=O)c2[nH]c(C(=O)Nc3ccc(OCCOCCOCCOCCOCCOCCOCCOCCOCCNC(=O)c4nc(NC(=O)CCNC(=O)c5cc(NC(=O)c6nc(NC(=O)CCNC(=O)c7cc(NC(=O)c8nccn8C)cn7COP(=O)(O)O)cn6C)cn5COP(=O)(O)O)cn4C)cc3)cc12. The molecule has 14 N–H and O–H groups in total. The number of phosphoric acid groups is 2. The average molecular weight is 1880 g/mol. The number of carbonyl (C=O) groups excluding carboxylic acids is 8. The first-order valence-corrected chi connectivity index (χ1v) is 44.1. The van der Waals surface area contributed by atoms with Crippen LogP contribution in [-0.4, -0.2) is 251 Å². The van der Waals surface area contributed by atoms with Crippen molar-refractivity contribution in [1.29, 1.82) is 0 Å². The molecule has 132 heavy (non-hydrogen) atoms. The molecule has 46 nitrogen and oxygen atoms in total. The molecule has 0 radical (unpaired) electrons. The Morgan fingerprint density at radius 2 is 0.924 bits per heavy atom. The number of amides is 8. The molecule has 0 saturated heterocycles. The summed E-state index contributed by atoms with van der Waals surface area (Å²) >= 11 is 0. The Labute approximate surface area is 753 Å². The van der Waals surface area contributed by atoms with Crippen LogP contribution in [0.3, 0.4) is 0 Å². The molecule has 49 heteroatoms. The number of aromatic amines is 1. The van der Waals surface area contributed by atoms with Crippen LogP contribution < -0.4 is 57.6 Å². The third-order valence-corrected chi connectivity index (χ3v) is 20.0. The molecule has 0 atom stereocenters. The third-order valence-electron chi connectivity index (χ3n) is 19.1. The Morgan fingerprint density at radius 3 is 1.39 bits per heavy atom. The lowest BCUT2D eigenvalue weighted by atomic mass is 9.93. The highest BCUT2D eigenvalue weighted by Gasteiger charge is 2.28. The van der Waals surface area contributed by atoms with Crippen LogP contribution in [0.5, 0.6) is 17.2 Å². The van der Waals surface area contributed by atoms with E-state index >= 15 is 0 Å². The summed E-state index contributed by atoms with van der Waals surface area (Å²) < 4.78 is 111. The Balaban J connectivity index is 0.509. The largest absolute Gasteiger partial charge is 0.491 e. The molecular formula is C83H105FN18O28P2. The van der Waals surface area contributed by atoms with Crippen molar-refractivity contribution in [3.63, 3.8) is 0 Å². The fraction of sp³-hybridized carbons (Fsp3) is 0.398. The van der Waals surface area contributed by atoms with Crippen molar-refractivity contribution < 1.29 is 133 Å². The van der Waals surface area contributed by atoms with Crippen LogP contribution in [0.1, 0.15) is 107 Å². The summed E-state index contributed by atoms with van der Waals surface area (Å²) in [6.07, 6.45) is 8.90. The van der Waals surface area contributed by atoms with Crippen molar-refractivity contribution in [2.75, 3.05) is 159 Å². The maximum atomic E-state index is 14.3. The number of ether oxygens (including phenoxy) is 10. The number of aliphatic hydroxyl groups is 1. The number of H-pyrrole nitrogens is 1. The molecule has 0 saturated carbocycles. The lowest BCUT2D eigenvalue weighted by Gasteiger charge is -2.22. The number of aryl methyl sites for hydroxylation is 6. The number of phosphoric ester groups is 2. The summed E-state index contributed by atoms with van der Waals surface area (Å²) in [7, 11) is -3.97. The van der Waals surface area contributed by atoms with Crippen LogP contribution in [0.2, 0.25) is 0 Å². The van der Waals surface area contributed by atoms with Crippen molar-refractivity contribution in [3.05, 3.63) is 184 Å². The summed E-state index contributed by atoms with van der Waals surface area (Å²) in [5, 5.41) is 32.1. The molecule has 10 rings (SSSR count). The summed E-state index contributed by atoms with van der Waals surface area (Å²) in [5.74, 6) is -4.91. The van der Waals surface area contributed by atoms with Gasteiger partial charge in [-0.25, -0.2) is 28.5 Å². The highest BCUT2D eigenvalue weighted by atomic mass is 31.2. The maximum Gasteiger partial charge on any atom is 0.471 e. The minimum absolute atomic E-state index is 0.0227. The topological polar surface area (TPSA) is 580 Å². The van der Waals surface area contributed by atoms with Crippen LogP contribution in [0.15, 0.2) is 121 Å². The number of halogens is 1. The zero-order valence-corrected chi connectivity index (χ0v) is 75.2. The molecule has 10 aromatic rings. The van der Waals surface area contributed by atoms with Gasteiger partial charge in [-0.2, -0.15) is 0 Å². The number of benzene rings is 3. The molecule has 0 unspecified atom stereocenters. The molecule has 0 aliphatic rings. The molecule has 712 valence electrons. The standard InChI is InChI=1S/C83H105FN18O28P2/c1-52-39-55(84)40-53(2)72(52)130-66-14-9-54(83(3,4)112)41-60(66)62-47-100(8)82(111)71-61(62)44-63(92-71)76(105)89-56-10-12-59(13-11-56)127-38-37-126-36-35-125-34-33-124-32-31-123-30-29-122-28-27-121-26-25-120-24-23-119-22-20-88-79(108)74-95-67(48-98(74)6)93-69(103)15-17-87-78(107)65-43-58(46-102(65)51-129-132(116,117)118)91-81(110)75-96-68(49-99(75)7)94-70(104)16-18-86-77(106)64-42-57(45-101(64)50-128-131(113,114)115)90-80(109)73-85-19-21-97(73)5/h9-14,19,21,39-49,92,112H,15-18,20,22-38,50-51H2,1-8H3,(H,86,106)(H,87,107)(H,88,108)(H,89,105)(H,90,109)(H,91,110)(H,93,103)(H,94,104)(H2,113,114,115)(H2,116,117,118). The molecule has 0 aliphatic carbocycles. The van der Waals surface area contributed by atoms with E-state index in [1.807, 2.05) is 0 Å². The van der Waals surface area contributed by atoms with Gasteiger partial charge in [-0.1, -0.05) is 6.07 Å². The first-order valence-electron chi connectivity index (χ1n) is 41.1. The van der Waals surface area contributed by atoms with E-state index < -0.39 is 87.8 Å². The van der Waals surface area contributed by atoms with E-state index in [0.717, 1.165) is 21.4 Å². The molecule has 0 bridgehead atoms. The van der Waals surface area contributed by atoms with Crippen molar-refractivity contribution in [3.8, 4) is 28.4 Å². The Morgan fingerprint density at radius 1 is 0.477 bits per heavy atom. The number of anilines is 5. The summed E-state index contributed by atoms with van der Waals surface area (Å²) in [5.41, 5.74) is 1.50. The fourth-order valence-electron chi connectivity index (χ4n) is 12.7. The Hall–Kier alpha value is -12.5. The number of aromatic nitrogens is 10. The van der Waals surface area contributed by atoms with Gasteiger partial charge in [-0.3, -0.25) is 52.2 Å². The second kappa shape index (κ2) is 48.6. The van der Waals surface area contributed by atoms with Gasteiger partial charge >= 0.3 is 15.6 Å². The Kier molecular flexibility index (Phi) is 37.4. The van der Waals surface area contributed by atoms with Gasteiger partial charge in [0.15, 0.2) is 17.5 Å². The van der Waals surface area contributed by atoms with Gasteiger partial charge in [-0.15, -0.1) is 0 Å². The van der Waals surface area contributed by atoms with Gasteiger partial charge in [-0.05, 0) is 111 Å². The predicted molar refractivity (Wildman–Crippen MR) is 471 cm³/mol. The smallest absolute Gasteiger partial charge is 0.471 e. The van der Waals surface area contributed by atoms with E-state index in [4.69, 9.17) is 47.4 Å². The molecular weight excluding hydrogens is 1780 g/mol. The van der Waals surface area contributed by atoms with Crippen LogP contribution in [0.25, 0.3) is 22.0 Å². The van der Waals surface area contributed by atoms with E-state index in [0.29, 0.717) is 142 Å². The van der Waals surface area contributed by atoms with Crippen LogP contribution in [0.4, 0.5) is 33.1 Å². The first kappa shape index (κ1) is 102. The van der Waals surface area contributed by atoms with Gasteiger partial charge in [0.2, 0.25) is 23.5 Å². The number of carbonyl (C=O) groups is 8. The number of rotatable bonds is 55. The fourth-order valence-corrected chi connectivity index (χ4v) is 13.2. The molecule has 8 amide bonds. The zero-order chi connectivity index (χ0) is 95.2. The molecule has 7 heterocycles. The molecule has 3 aromatic carbocycles. The second-order valence-corrected chi connectivity index (χ2v) is 32.3. The molecule has 7 aromatic heterocycles. The highest BCUT2D eigenvalue weighted by molar-refractivity contribution is 7.46. The predicted octanol–water partition coefficient (Wildman–Crippen LogP) is 5.46. The van der Waals surface area contributed by atoms with Crippen molar-refractivity contribution >= 4 is 103 Å².